The summed E-state index contributed by atoms with van der Waals surface area (Å²) >= 11 is 6.85. The van der Waals surface area contributed by atoms with Crippen LogP contribution in [0.25, 0.3) is 33.3 Å². The lowest BCUT2D eigenvalue weighted by Crippen LogP contribution is -2.32. The van der Waals surface area contributed by atoms with Crippen LogP contribution in [0, 0.1) is 17.7 Å². The van der Waals surface area contributed by atoms with Crippen LogP contribution in [-0.2, 0) is 5.41 Å². The van der Waals surface area contributed by atoms with Gasteiger partial charge in [0.05, 0.1) is 22.8 Å². The lowest BCUT2D eigenvalue weighted by molar-refractivity contribution is 0.533. The van der Waals surface area contributed by atoms with Gasteiger partial charge in [-0.05, 0) is 54.9 Å². The molecule has 2 aliphatic carbocycles. The molecule has 0 bridgehead atoms. The summed E-state index contributed by atoms with van der Waals surface area (Å²) in [5.74, 6) is 1.29. The molecule has 3 aliphatic rings. The van der Waals surface area contributed by atoms with Crippen LogP contribution in [0.4, 0.5) is 10.2 Å². The van der Waals surface area contributed by atoms with Crippen LogP contribution in [0.2, 0.25) is 5.02 Å². The summed E-state index contributed by atoms with van der Waals surface area (Å²) < 4.78 is 16.7. The van der Waals surface area contributed by atoms with Gasteiger partial charge in [-0.25, -0.2) is 14.4 Å². The van der Waals surface area contributed by atoms with Crippen molar-refractivity contribution in [2.75, 3.05) is 24.5 Å². The van der Waals surface area contributed by atoms with Gasteiger partial charge in [-0.2, -0.15) is 10.2 Å². The molecule has 4 heterocycles. The standard InChI is InChI=1S/C28H26ClFN8/c29-24-16(7-8-22-17(24)12-38(36-22)15-5-6-15)25-26-27(35-34-25)33-23(11-32-26)37-10-9-18-20(13-37)28(18,14-31)19-3-1-2-4-21(19)30/h1-4,7-8,11-12,15,18,20H,5-6,9-10,13-14,31H2,(H,33,34,35)/t18-,20+,28-/m1/s1. The molecule has 0 amide bonds. The Bertz CT molecular complexity index is 1730. The number of piperidine rings is 1. The maximum absolute atomic E-state index is 14.7. The Morgan fingerprint density at radius 1 is 1.13 bits per heavy atom. The van der Waals surface area contributed by atoms with E-state index >= 15 is 0 Å². The second-order valence-corrected chi connectivity index (χ2v) is 11.2. The number of nitrogens with one attached hydrogen (secondary N) is 1. The summed E-state index contributed by atoms with van der Waals surface area (Å²) in [5, 5.41) is 13.8. The zero-order valence-corrected chi connectivity index (χ0v) is 21.4. The van der Waals surface area contributed by atoms with Crippen LogP contribution in [-0.4, -0.2) is 49.6 Å². The smallest absolute Gasteiger partial charge is 0.177 e. The normalized spacial score (nSPS) is 24.8. The zero-order chi connectivity index (χ0) is 25.6. The number of fused-ring (bicyclic) bond motifs is 3. The quantitative estimate of drug-likeness (QED) is 0.338. The summed E-state index contributed by atoms with van der Waals surface area (Å²) in [6.07, 6.45) is 7.09. The number of aromatic nitrogens is 6. The van der Waals surface area contributed by atoms with Gasteiger partial charge in [0.25, 0.3) is 0 Å². The number of nitrogens with two attached hydrogens (primary N) is 1. The molecule has 38 heavy (non-hydrogen) atoms. The Morgan fingerprint density at radius 3 is 2.82 bits per heavy atom. The van der Waals surface area contributed by atoms with Crippen LogP contribution in [0.5, 0.6) is 0 Å². The van der Waals surface area contributed by atoms with Crippen molar-refractivity contribution in [2.45, 2.75) is 30.7 Å². The fourth-order valence-corrected chi connectivity index (χ4v) is 7.05. The number of halogens is 2. The number of hydrogen-bond donors (Lipinski definition) is 2. The molecule has 2 saturated carbocycles. The van der Waals surface area contributed by atoms with E-state index in [2.05, 4.69) is 20.2 Å². The highest BCUT2D eigenvalue weighted by atomic mass is 35.5. The van der Waals surface area contributed by atoms with Gasteiger partial charge in [-0.1, -0.05) is 29.8 Å². The molecule has 8 nitrogen and oxygen atoms in total. The Balaban J connectivity index is 1.10. The molecule has 10 heteroatoms. The Morgan fingerprint density at radius 2 is 2.00 bits per heavy atom. The largest absolute Gasteiger partial charge is 0.355 e. The van der Waals surface area contributed by atoms with E-state index in [-0.39, 0.29) is 17.2 Å². The third kappa shape index (κ3) is 3.12. The van der Waals surface area contributed by atoms with Gasteiger partial charge >= 0.3 is 0 Å². The Hall–Kier alpha value is -3.56. The van der Waals surface area contributed by atoms with Gasteiger partial charge in [-0.3, -0.25) is 9.78 Å². The molecule has 5 aromatic rings. The fourth-order valence-electron chi connectivity index (χ4n) is 6.76. The van der Waals surface area contributed by atoms with Crippen molar-refractivity contribution in [1.29, 1.82) is 0 Å². The number of anilines is 1. The van der Waals surface area contributed by atoms with E-state index in [9.17, 15) is 4.39 Å². The summed E-state index contributed by atoms with van der Waals surface area (Å²) in [5.41, 5.74) is 10.4. The van der Waals surface area contributed by atoms with Crippen molar-refractivity contribution in [2.24, 2.45) is 17.6 Å². The number of benzene rings is 2. The zero-order valence-electron chi connectivity index (χ0n) is 20.6. The monoisotopic (exact) mass is 528 g/mol. The molecule has 3 fully saturated rings. The molecule has 0 spiro atoms. The van der Waals surface area contributed by atoms with E-state index in [0.29, 0.717) is 40.4 Å². The fraction of sp³-hybridized carbons (Fsp3) is 0.357. The third-order valence-electron chi connectivity index (χ3n) is 8.94. The summed E-state index contributed by atoms with van der Waals surface area (Å²) in [7, 11) is 0. The maximum atomic E-state index is 14.7. The number of nitrogens with zero attached hydrogens (tertiary/aromatic N) is 6. The van der Waals surface area contributed by atoms with Gasteiger partial charge < -0.3 is 10.6 Å². The third-order valence-corrected chi connectivity index (χ3v) is 9.35. The number of hydrogen-bond acceptors (Lipinski definition) is 6. The first kappa shape index (κ1) is 22.4. The molecule has 1 saturated heterocycles. The highest BCUT2D eigenvalue weighted by Crippen LogP contribution is 2.63. The molecule has 192 valence electrons. The average Bonchev–Trinajstić information content (AvgIpc) is 3.80. The van der Waals surface area contributed by atoms with Gasteiger partial charge in [0.1, 0.15) is 22.8 Å². The van der Waals surface area contributed by atoms with Gasteiger partial charge in [0, 0.05) is 42.2 Å². The predicted molar refractivity (Wildman–Crippen MR) is 145 cm³/mol. The average molecular weight is 529 g/mol. The topological polar surface area (TPSA) is 102 Å². The second-order valence-electron chi connectivity index (χ2n) is 10.9. The summed E-state index contributed by atoms with van der Waals surface area (Å²) in [6.45, 7) is 2.04. The van der Waals surface area contributed by atoms with Crippen molar-refractivity contribution in [3.63, 3.8) is 0 Å². The molecule has 8 rings (SSSR count). The minimum Gasteiger partial charge on any atom is -0.355 e. The van der Waals surface area contributed by atoms with E-state index in [1.165, 1.54) is 6.07 Å². The van der Waals surface area contributed by atoms with Crippen molar-refractivity contribution in [3.05, 3.63) is 65.2 Å². The molecule has 3 atom stereocenters. The van der Waals surface area contributed by atoms with Crippen molar-refractivity contribution < 1.29 is 4.39 Å². The van der Waals surface area contributed by atoms with Crippen LogP contribution >= 0.6 is 11.6 Å². The molecule has 3 N–H and O–H groups in total. The maximum Gasteiger partial charge on any atom is 0.177 e. The van der Waals surface area contributed by atoms with Crippen LogP contribution in [0.1, 0.15) is 30.9 Å². The minimum atomic E-state index is -0.304. The number of rotatable bonds is 5. The summed E-state index contributed by atoms with van der Waals surface area (Å²) in [4.78, 5) is 11.9. The molecule has 0 unspecified atom stereocenters. The predicted octanol–water partition coefficient (Wildman–Crippen LogP) is 4.85. The highest BCUT2D eigenvalue weighted by Gasteiger charge is 2.66. The molecule has 2 aromatic carbocycles. The van der Waals surface area contributed by atoms with Gasteiger partial charge in [-0.15, -0.1) is 0 Å². The minimum absolute atomic E-state index is 0.165. The van der Waals surface area contributed by atoms with Gasteiger partial charge in [0.15, 0.2) is 5.65 Å². The SMILES string of the molecule is NC[C@]1(c2ccccc2F)[C@@H]2CCN(c3cnc4c(-c5ccc6nn(C7CC7)cc6c5Cl)n[nH]c4n3)C[C@@H]21. The first-order chi connectivity index (χ1) is 18.6. The second kappa shape index (κ2) is 7.97. The Labute approximate surface area is 223 Å². The number of H-pyrrole nitrogens is 1. The van der Waals surface area contributed by atoms with E-state index in [4.69, 9.17) is 27.3 Å². The van der Waals surface area contributed by atoms with Gasteiger partial charge in [0.2, 0.25) is 0 Å². The Kier molecular flexibility index (Phi) is 4.70. The summed E-state index contributed by atoms with van der Waals surface area (Å²) in [6, 6.07) is 11.5. The molecular formula is C28H26ClFN8. The molecule has 1 aliphatic heterocycles. The van der Waals surface area contributed by atoms with Crippen molar-refractivity contribution in [3.8, 4) is 11.3 Å². The van der Waals surface area contributed by atoms with Crippen LogP contribution in [0.3, 0.4) is 0 Å². The highest BCUT2D eigenvalue weighted by molar-refractivity contribution is 6.38. The van der Waals surface area contributed by atoms with E-state index in [1.807, 2.05) is 35.1 Å². The van der Waals surface area contributed by atoms with Crippen molar-refractivity contribution >= 4 is 39.5 Å². The molecule has 3 aromatic heterocycles. The lowest BCUT2D eigenvalue weighted by Gasteiger charge is -2.26. The van der Waals surface area contributed by atoms with E-state index in [0.717, 1.165) is 60.2 Å². The lowest BCUT2D eigenvalue weighted by atomic mass is 9.91. The van der Waals surface area contributed by atoms with E-state index < -0.39 is 0 Å². The van der Waals surface area contributed by atoms with Crippen molar-refractivity contribution in [1.82, 2.24) is 29.9 Å². The molecular weight excluding hydrogens is 503 g/mol. The first-order valence-electron chi connectivity index (χ1n) is 13.2. The molecule has 0 radical (unpaired) electrons. The van der Waals surface area contributed by atoms with E-state index in [1.54, 1.807) is 12.3 Å². The van der Waals surface area contributed by atoms with Crippen LogP contribution in [0.15, 0.2) is 48.8 Å². The van der Waals surface area contributed by atoms with Crippen LogP contribution < -0.4 is 10.6 Å². The number of aromatic amines is 1. The first-order valence-corrected chi connectivity index (χ1v) is 13.5.